The molecule has 0 spiro atoms. The molecule has 4 aromatic rings. The molecule has 6 nitrogen and oxygen atoms in total. The topological polar surface area (TPSA) is 69.0 Å². The number of nitrogens with one attached hydrogen (secondary N) is 1. The van der Waals surface area contributed by atoms with Gasteiger partial charge in [-0.1, -0.05) is 18.2 Å². The van der Waals surface area contributed by atoms with E-state index in [-0.39, 0.29) is 18.1 Å². The molecule has 158 valence electrons. The molecule has 0 unspecified atom stereocenters. The van der Waals surface area contributed by atoms with Gasteiger partial charge in [-0.15, -0.1) is 11.3 Å². The molecule has 0 atom stereocenters. The molecule has 1 amide bonds. The number of thiazole rings is 1. The van der Waals surface area contributed by atoms with Crippen LogP contribution in [0.1, 0.15) is 10.4 Å². The molecule has 0 bridgehead atoms. The predicted molar refractivity (Wildman–Crippen MR) is 115 cm³/mol. The van der Waals surface area contributed by atoms with Gasteiger partial charge in [0.2, 0.25) is 5.91 Å². The summed E-state index contributed by atoms with van der Waals surface area (Å²) in [5.41, 5.74) is 3.13. The third-order valence-corrected chi connectivity index (χ3v) is 5.30. The Kier molecular flexibility index (Phi) is 6.03. The van der Waals surface area contributed by atoms with E-state index in [0.717, 1.165) is 21.7 Å². The third kappa shape index (κ3) is 5.13. The maximum atomic E-state index is 12.5. The quantitative estimate of drug-likeness (QED) is 0.435. The van der Waals surface area contributed by atoms with Crippen LogP contribution in [0.25, 0.3) is 16.9 Å². The zero-order chi connectivity index (χ0) is 21.8. The minimum Gasteiger partial charge on any atom is -0.435 e. The van der Waals surface area contributed by atoms with E-state index in [1.54, 1.807) is 23.0 Å². The van der Waals surface area contributed by atoms with Crippen LogP contribution < -0.4 is 10.1 Å². The molecule has 2 heterocycles. The van der Waals surface area contributed by atoms with Gasteiger partial charge in [-0.25, -0.2) is 9.67 Å². The highest BCUT2D eigenvalue weighted by molar-refractivity contribution is 7.16. The van der Waals surface area contributed by atoms with E-state index in [1.165, 1.54) is 23.5 Å². The summed E-state index contributed by atoms with van der Waals surface area (Å²) in [5, 5.41) is 7.58. The zero-order valence-corrected chi connectivity index (χ0v) is 17.3. The van der Waals surface area contributed by atoms with Crippen molar-refractivity contribution in [1.82, 2.24) is 14.8 Å². The summed E-state index contributed by atoms with van der Waals surface area (Å²) in [4.78, 5) is 17.8. The molecule has 4 rings (SSSR count). The number of para-hydroxylation sites is 1. The molecule has 0 aliphatic rings. The first-order chi connectivity index (χ1) is 15.0. The highest BCUT2D eigenvalue weighted by Gasteiger charge is 2.14. The molecule has 0 aliphatic heterocycles. The maximum Gasteiger partial charge on any atom is 0.387 e. The summed E-state index contributed by atoms with van der Waals surface area (Å²) >= 11 is 1.35. The number of rotatable bonds is 7. The zero-order valence-electron chi connectivity index (χ0n) is 16.5. The van der Waals surface area contributed by atoms with Gasteiger partial charge in [-0.05, 0) is 48.9 Å². The smallest absolute Gasteiger partial charge is 0.387 e. The molecule has 2 aromatic heterocycles. The van der Waals surface area contributed by atoms with Gasteiger partial charge in [-0.2, -0.15) is 13.9 Å². The van der Waals surface area contributed by atoms with Crippen LogP contribution in [0, 0.1) is 6.92 Å². The number of amides is 1. The van der Waals surface area contributed by atoms with E-state index in [9.17, 15) is 13.6 Å². The highest BCUT2D eigenvalue weighted by Crippen LogP contribution is 2.31. The summed E-state index contributed by atoms with van der Waals surface area (Å²) in [6.07, 6.45) is 3.64. The van der Waals surface area contributed by atoms with E-state index in [2.05, 4.69) is 20.1 Å². The number of alkyl halides is 2. The van der Waals surface area contributed by atoms with Crippen LogP contribution in [0.5, 0.6) is 5.75 Å². The molecule has 0 saturated heterocycles. The average Bonchev–Trinajstić information content (AvgIpc) is 3.35. The van der Waals surface area contributed by atoms with Crippen LogP contribution in [0.2, 0.25) is 0 Å². The molecule has 2 aromatic carbocycles. The van der Waals surface area contributed by atoms with Crippen molar-refractivity contribution in [1.29, 1.82) is 0 Å². The summed E-state index contributed by atoms with van der Waals surface area (Å²) in [6, 6.07) is 15.9. The number of halogens is 2. The lowest BCUT2D eigenvalue weighted by atomic mass is 10.1. The van der Waals surface area contributed by atoms with Crippen molar-refractivity contribution < 1.29 is 18.3 Å². The number of carbonyl (C=O) groups is 1. The SMILES string of the molecule is Cc1sc(NC(=O)Cc2cnn(-c3ccccc3)c2)nc1-c1ccc(OC(F)F)cc1. The molecule has 31 heavy (non-hydrogen) atoms. The van der Waals surface area contributed by atoms with Crippen LogP contribution >= 0.6 is 11.3 Å². The number of hydrogen-bond acceptors (Lipinski definition) is 5. The second-order valence-corrected chi connectivity index (χ2v) is 7.88. The standard InChI is InChI=1S/C22H18F2N4O2S/c1-14-20(16-7-9-18(10-8-16)30-21(23)24)27-22(31-14)26-19(29)11-15-12-25-28(13-15)17-5-3-2-4-6-17/h2-10,12-13,21H,11H2,1H3,(H,26,27,29). The molecule has 9 heteroatoms. The summed E-state index contributed by atoms with van der Waals surface area (Å²) < 4.78 is 30.7. The summed E-state index contributed by atoms with van der Waals surface area (Å²) in [5.74, 6) is -0.121. The number of anilines is 1. The third-order valence-electron chi connectivity index (χ3n) is 4.42. The first-order valence-corrected chi connectivity index (χ1v) is 10.2. The van der Waals surface area contributed by atoms with Gasteiger partial charge in [0.25, 0.3) is 0 Å². The molecular weight excluding hydrogens is 422 g/mol. The normalized spacial score (nSPS) is 11.0. The molecule has 0 saturated carbocycles. The van der Waals surface area contributed by atoms with Gasteiger partial charge in [-0.3, -0.25) is 4.79 Å². The Bertz CT molecular complexity index is 1170. The fourth-order valence-electron chi connectivity index (χ4n) is 3.03. The number of carbonyl (C=O) groups excluding carboxylic acids is 1. The van der Waals surface area contributed by atoms with Crippen molar-refractivity contribution >= 4 is 22.4 Å². The molecule has 0 radical (unpaired) electrons. The number of nitrogens with zero attached hydrogens (tertiary/aromatic N) is 3. The molecular formula is C22H18F2N4O2S. The van der Waals surface area contributed by atoms with Gasteiger partial charge in [0.1, 0.15) is 5.75 Å². The van der Waals surface area contributed by atoms with E-state index in [0.29, 0.717) is 10.8 Å². The van der Waals surface area contributed by atoms with E-state index >= 15 is 0 Å². The maximum absolute atomic E-state index is 12.5. The largest absolute Gasteiger partial charge is 0.435 e. The fraction of sp³-hybridized carbons (Fsp3) is 0.136. The Morgan fingerprint density at radius 2 is 1.90 bits per heavy atom. The minimum absolute atomic E-state index is 0.0798. The van der Waals surface area contributed by atoms with Crippen LogP contribution in [0.15, 0.2) is 67.0 Å². The number of benzene rings is 2. The lowest BCUT2D eigenvalue weighted by Crippen LogP contribution is -2.13. The van der Waals surface area contributed by atoms with Gasteiger partial charge in [0.05, 0.1) is 24.0 Å². The van der Waals surface area contributed by atoms with Crippen LogP contribution in [0.3, 0.4) is 0 Å². The Labute approximate surface area is 181 Å². The van der Waals surface area contributed by atoms with Gasteiger partial charge in [0.15, 0.2) is 5.13 Å². The van der Waals surface area contributed by atoms with Crippen molar-refractivity contribution in [3.8, 4) is 22.7 Å². The molecule has 1 N–H and O–H groups in total. The Morgan fingerprint density at radius 3 is 2.61 bits per heavy atom. The summed E-state index contributed by atoms with van der Waals surface area (Å²) in [6.45, 7) is -0.982. The number of hydrogen-bond donors (Lipinski definition) is 1. The van der Waals surface area contributed by atoms with Gasteiger partial charge >= 0.3 is 6.61 Å². The number of ether oxygens (including phenoxy) is 1. The van der Waals surface area contributed by atoms with E-state index in [4.69, 9.17) is 0 Å². The minimum atomic E-state index is -2.87. The van der Waals surface area contributed by atoms with Crippen molar-refractivity contribution in [3.63, 3.8) is 0 Å². The predicted octanol–water partition coefficient (Wildman–Crippen LogP) is 5.09. The first kappa shape index (κ1) is 20.7. The van der Waals surface area contributed by atoms with Gasteiger partial charge in [0, 0.05) is 16.6 Å². The van der Waals surface area contributed by atoms with Crippen LogP contribution in [-0.4, -0.2) is 27.3 Å². The first-order valence-electron chi connectivity index (χ1n) is 9.39. The molecule has 0 aliphatic carbocycles. The van der Waals surface area contributed by atoms with Crippen molar-refractivity contribution in [2.45, 2.75) is 20.0 Å². The van der Waals surface area contributed by atoms with Crippen molar-refractivity contribution in [2.24, 2.45) is 0 Å². The Morgan fingerprint density at radius 1 is 1.16 bits per heavy atom. The highest BCUT2D eigenvalue weighted by atomic mass is 32.1. The second kappa shape index (κ2) is 9.05. The lowest BCUT2D eigenvalue weighted by molar-refractivity contribution is -0.115. The lowest BCUT2D eigenvalue weighted by Gasteiger charge is -2.05. The van der Waals surface area contributed by atoms with Gasteiger partial charge < -0.3 is 10.1 Å². The van der Waals surface area contributed by atoms with Crippen LogP contribution in [0.4, 0.5) is 13.9 Å². The monoisotopic (exact) mass is 440 g/mol. The van der Waals surface area contributed by atoms with Crippen LogP contribution in [-0.2, 0) is 11.2 Å². The number of aromatic nitrogens is 3. The Balaban J connectivity index is 1.41. The fourth-order valence-corrected chi connectivity index (χ4v) is 3.89. The van der Waals surface area contributed by atoms with E-state index in [1.807, 2.05) is 43.5 Å². The second-order valence-electron chi connectivity index (χ2n) is 6.68. The van der Waals surface area contributed by atoms with Crippen molar-refractivity contribution in [2.75, 3.05) is 5.32 Å². The molecule has 0 fully saturated rings. The number of aryl methyl sites for hydroxylation is 1. The average molecular weight is 440 g/mol. The summed E-state index contributed by atoms with van der Waals surface area (Å²) in [7, 11) is 0. The van der Waals surface area contributed by atoms with Crippen molar-refractivity contribution in [3.05, 3.63) is 77.4 Å². The Hall–Kier alpha value is -3.59. The van der Waals surface area contributed by atoms with E-state index < -0.39 is 6.61 Å².